The molecule has 0 atom stereocenters. The van der Waals surface area contributed by atoms with E-state index in [4.69, 9.17) is 19.4 Å². The van der Waals surface area contributed by atoms with Crippen molar-refractivity contribution in [2.24, 2.45) is 0 Å². The third-order valence-corrected chi connectivity index (χ3v) is 11.4. The topological polar surface area (TPSA) is 56.7 Å². The number of hydrogen-bond donors (Lipinski definition) is 0. The quantitative estimate of drug-likeness (QED) is 0.176. The molecular weight excluding hydrogens is 709 g/mol. The van der Waals surface area contributed by atoms with Crippen LogP contribution < -0.4 is 0 Å². The van der Waals surface area contributed by atoms with Gasteiger partial charge in [0.05, 0.1) is 16.7 Å². The molecule has 9 aromatic carbocycles. The molecule has 12 aromatic rings. The van der Waals surface area contributed by atoms with E-state index in [1.54, 1.807) is 0 Å². The molecule has 58 heavy (non-hydrogen) atoms. The molecule has 270 valence electrons. The number of benzene rings is 9. The van der Waals surface area contributed by atoms with E-state index >= 15 is 0 Å². The summed E-state index contributed by atoms with van der Waals surface area (Å²) in [5, 5.41) is 9.11. The number of furan rings is 1. The van der Waals surface area contributed by atoms with Crippen LogP contribution in [0.25, 0.3) is 116 Å². The molecule has 5 nitrogen and oxygen atoms in total. The van der Waals surface area contributed by atoms with E-state index in [9.17, 15) is 0 Å². The maximum Gasteiger partial charge on any atom is 0.166 e. The number of para-hydroxylation sites is 2. The van der Waals surface area contributed by atoms with Crippen molar-refractivity contribution in [3.05, 3.63) is 194 Å². The Balaban J connectivity index is 1.18. The summed E-state index contributed by atoms with van der Waals surface area (Å²) in [6.07, 6.45) is 0. The number of aromatic nitrogens is 4. The van der Waals surface area contributed by atoms with Crippen LogP contribution >= 0.6 is 0 Å². The van der Waals surface area contributed by atoms with Crippen molar-refractivity contribution in [1.29, 1.82) is 0 Å². The van der Waals surface area contributed by atoms with Crippen LogP contribution in [0.5, 0.6) is 0 Å². The fraction of sp³-hybridized carbons (Fsp3) is 0. The van der Waals surface area contributed by atoms with Crippen LogP contribution in [-0.4, -0.2) is 19.5 Å². The summed E-state index contributed by atoms with van der Waals surface area (Å²) in [7, 11) is 0. The Morgan fingerprint density at radius 1 is 0.328 bits per heavy atom. The first kappa shape index (κ1) is 32.4. The van der Waals surface area contributed by atoms with Crippen molar-refractivity contribution >= 4 is 65.3 Å². The zero-order valence-corrected chi connectivity index (χ0v) is 31.2. The van der Waals surface area contributed by atoms with Crippen LogP contribution in [-0.2, 0) is 0 Å². The van der Waals surface area contributed by atoms with E-state index in [0.29, 0.717) is 17.5 Å². The summed E-state index contributed by atoms with van der Waals surface area (Å²) < 4.78 is 8.96. The Kier molecular flexibility index (Phi) is 7.16. The molecule has 0 aliphatic rings. The van der Waals surface area contributed by atoms with Gasteiger partial charge in [-0.25, -0.2) is 15.0 Å². The molecule has 0 spiro atoms. The normalized spacial score (nSPS) is 11.8. The fourth-order valence-electron chi connectivity index (χ4n) is 8.59. The lowest BCUT2D eigenvalue weighted by Gasteiger charge is -2.15. The van der Waals surface area contributed by atoms with E-state index in [1.165, 1.54) is 21.5 Å². The summed E-state index contributed by atoms with van der Waals surface area (Å²) in [5.41, 5.74) is 9.64. The van der Waals surface area contributed by atoms with Crippen molar-refractivity contribution in [3.8, 4) is 51.0 Å². The lowest BCUT2D eigenvalue weighted by molar-refractivity contribution is 0.669. The Hall–Kier alpha value is -7.89. The lowest BCUT2D eigenvalue weighted by atomic mass is 10.0. The highest BCUT2D eigenvalue weighted by Crippen LogP contribution is 2.42. The smallest absolute Gasteiger partial charge is 0.166 e. The van der Waals surface area contributed by atoms with E-state index in [-0.39, 0.29) is 0 Å². The minimum absolute atomic E-state index is 0.558. The maximum absolute atomic E-state index is 6.58. The van der Waals surface area contributed by atoms with Crippen LogP contribution in [0.15, 0.2) is 199 Å². The molecule has 0 saturated carbocycles. The maximum atomic E-state index is 6.58. The molecule has 0 aliphatic heterocycles. The molecule has 0 saturated heterocycles. The van der Waals surface area contributed by atoms with Gasteiger partial charge in [0.1, 0.15) is 11.2 Å². The van der Waals surface area contributed by atoms with Crippen molar-refractivity contribution in [1.82, 2.24) is 19.5 Å². The van der Waals surface area contributed by atoms with Crippen molar-refractivity contribution in [2.45, 2.75) is 0 Å². The highest BCUT2D eigenvalue weighted by Gasteiger charge is 2.23. The van der Waals surface area contributed by atoms with Gasteiger partial charge < -0.3 is 8.98 Å². The largest absolute Gasteiger partial charge is 0.456 e. The zero-order chi connectivity index (χ0) is 38.2. The van der Waals surface area contributed by atoms with Crippen LogP contribution in [0.2, 0.25) is 0 Å². The average Bonchev–Trinajstić information content (AvgIpc) is 3.82. The number of hydrogen-bond acceptors (Lipinski definition) is 4. The predicted octanol–water partition coefficient (Wildman–Crippen LogP) is 13.8. The van der Waals surface area contributed by atoms with Gasteiger partial charge in [0.15, 0.2) is 17.5 Å². The van der Waals surface area contributed by atoms with Crippen molar-refractivity contribution < 1.29 is 4.42 Å². The molecule has 0 amide bonds. The van der Waals surface area contributed by atoms with Gasteiger partial charge in [-0.2, -0.15) is 0 Å². The monoisotopic (exact) mass is 740 g/mol. The molecule has 5 heteroatoms. The summed E-state index contributed by atoms with van der Waals surface area (Å²) in [5.74, 6) is 1.75. The van der Waals surface area contributed by atoms with Crippen LogP contribution in [0.3, 0.4) is 0 Å². The van der Waals surface area contributed by atoms with Gasteiger partial charge in [-0.1, -0.05) is 146 Å². The molecule has 0 unspecified atom stereocenters. The van der Waals surface area contributed by atoms with Crippen molar-refractivity contribution in [3.63, 3.8) is 0 Å². The zero-order valence-electron chi connectivity index (χ0n) is 31.2. The van der Waals surface area contributed by atoms with Crippen LogP contribution in [0.1, 0.15) is 0 Å². The number of nitrogens with zero attached hydrogens (tertiary/aromatic N) is 4. The third kappa shape index (κ3) is 5.21. The summed E-state index contributed by atoms with van der Waals surface area (Å²) in [6, 6.07) is 68.1. The van der Waals surface area contributed by atoms with E-state index in [2.05, 4.69) is 180 Å². The van der Waals surface area contributed by atoms with E-state index in [1.807, 2.05) is 18.2 Å². The average molecular weight is 741 g/mol. The summed E-state index contributed by atoms with van der Waals surface area (Å²) in [4.78, 5) is 15.9. The lowest BCUT2D eigenvalue weighted by Crippen LogP contribution is -2.04. The van der Waals surface area contributed by atoms with E-state index in [0.717, 1.165) is 77.2 Å². The first-order chi connectivity index (χ1) is 28.7. The molecule has 0 bridgehead atoms. The molecule has 3 heterocycles. The molecular formula is C53H32N4O. The Labute approximate surface area is 333 Å². The van der Waals surface area contributed by atoms with Gasteiger partial charge in [-0.3, -0.25) is 0 Å². The van der Waals surface area contributed by atoms with Gasteiger partial charge >= 0.3 is 0 Å². The standard InChI is InChI=1S/C53H32N4O/c1-2-13-33(14-3-1)36-19-12-20-39(27-36)51-54-52(40-26-25-34-15-4-5-16-35(34)28-40)56-53(55-51)45-32-50-44(42-22-9-11-24-49(42)58-50)31-48(45)57-46-23-10-8-21-41(46)43-29-37-17-6-7-18-38(37)30-47(43)57/h1-32H. The SMILES string of the molecule is c1ccc(-c2cccc(-c3nc(-c4ccc5ccccc5c4)nc(-c4cc5oc6ccccc6c5cc4-n4c5ccccc5c5cc6ccccc6cc54)n3)c2)cc1. The second-order valence-electron chi connectivity index (χ2n) is 14.8. The first-order valence-corrected chi connectivity index (χ1v) is 19.5. The van der Waals surface area contributed by atoms with Gasteiger partial charge in [0, 0.05) is 38.2 Å². The molecule has 0 aliphatic carbocycles. The molecule has 3 aromatic heterocycles. The Bertz CT molecular complexity index is 3580. The van der Waals surface area contributed by atoms with Gasteiger partial charge in [0.25, 0.3) is 0 Å². The summed E-state index contributed by atoms with van der Waals surface area (Å²) in [6.45, 7) is 0. The number of fused-ring (bicyclic) bond motifs is 8. The molecule has 0 radical (unpaired) electrons. The van der Waals surface area contributed by atoms with E-state index < -0.39 is 0 Å². The van der Waals surface area contributed by atoms with Gasteiger partial charge in [-0.05, 0) is 81.2 Å². The highest BCUT2D eigenvalue weighted by atomic mass is 16.3. The fourth-order valence-corrected chi connectivity index (χ4v) is 8.59. The first-order valence-electron chi connectivity index (χ1n) is 19.5. The van der Waals surface area contributed by atoms with Gasteiger partial charge in [0.2, 0.25) is 0 Å². The summed E-state index contributed by atoms with van der Waals surface area (Å²) >= 11 is 0. The highest BCUT2D eigenvalue weighted by molar-refractivity contribution is 6.15. The van der Waals surface area contributed by atoms with Gasteiger partial charge in [-0.15, -0.1) is 0 Å². The molecule has 0 N–H and O–H groups in total. The second-order valence-corrected chi connectivity index (χ2v) is 14.8. The number of rotatable bonds is 5. The molecule has 12 rings (SSSR count). The third-order valence-electron chi connectivity index (χ3n) is 11.4. The molecule has 0 fully saturated rings. The second kappa shape index (κ2) is 12.8. The van der Waals surface area contributed by atoms with Crippen LogP contribution in [0, 0.1) is 0 Å². The Morgan fingerprint density at radius 3 is 1.78 bits per heavy atom. The van der Waals surface area contributed by atoms with Crippen LogP contribution in [0.4, 0.5) is 0 Å². The van der Waals surface area contributed by atoms with Crippen molar-refractivity contribution in [2.75, 3.05) is 0 Å². The Morgan fingerprint density at radius 2 is 0.948 bits per heavy atom. The minimum atomic E-state index is 0.558. The minimum Gasteiger partial charge on any atom is -0.456 e. The predicted molar refractivity (Wildman–Crippen MR) is 238 cm³/mol.